The van der Waals surface area contributed by atoms with Gasteiger partial charge in [0.1, 0.15) is 0 Å². The molecule has 82 valence electrons. The molecular weight excluding hydrogens is 190 g/mol. The highest BCUT2D eigenvalue weighted by atomic mass is 16.4. The van der Waals surface area contributed by atoms with Crippen molar-refractivity contribution in [1.29, 1.82) is 0 Å². The maximum Gasteiger partial charge on any atom is 0.153 e. The molecule has 0 bridgehead atoms. The minimum atomic E-state index is 0.208. The standard InChI is InChI=1S/C11H17N3O/c1-9-3-2-4-10(7-9)5-6-13-8-11(12)14-15/h2-4,7,13,15H,5-6,8H2,1H3,(H2,12,14). The van der Waals surface area contributed by atoms with Gasteiger partial charge < -0.3 is 16.3 Å². The van der Waals surface area contributed by atoms with E-state index in [0.29, 0.717) is 6.54 Å². The first-order valence-corrected chi connectivity index (χ1v) is 4.95. The predicted molar refractivity (Wildman–Crippen MR) is 61.2 cm³/mol. The van der Waals surface area contributed by atoms with Gasteiger partial charge in [0.2, 0.25) is 0 Å². The van der Waals surface area contributed by atoms with Crippen LogP contribution in [0, 0.1) is 6.92 Å². The maximum atomic E-state index is 8.31. The van der Waals surface area contributed by atoms with Crippen LogP contribution in [0.4, 0.5) is 0 Å². The lowest BCUT2D eigenvalue weighted by atomic mass is 10.1. The Hall–Kier alpha value is -1.55. The molecule has 1 rings (SSSR count). The van der Waals surface area contributed by atoms with Crippen molar-refractivity contribution >= 4 is 5.84 Å². The van der Waals surface area contributed by atoms with Gasteiger partial charge in [-0.2, -0.15) is 0 Å². The zero-order chi connectivity index (χ0) is 11.1. The van der Waals surface area contributed by atoms with Crippen molar-refractivity contribution in [2.24, 2.45) is 10.9 Å². The molecule has 15 heavy (non-hydrogen) atoms. The predicted octanol–water partition coefficient (Wildman–Crippen LogP) is 0.874. The number of oxime groups is 1. The van der Waals surface area contributed by atoms with Gasteiger partial charge in [0, 0.05) is 0 Å². The number of nitrogens with two attached hydrogens (primary N) is 1. The molecule has 0 heterocycles. The number of amidine groups is 1. The maximum absolute atomic E-state index is 8.31. The first kappa shape index (κ1) is 11.5. The van der Waals surface area contributed by atoms with Crippen LogP contribution in [-0.4, -0.2) is 24.1 Å². The van der Waals surface area contributed by atoms with Gasteiger partial charge >= 0.3 is 0 Å². The van der Waals surface area contributed by atoms with Crippen LogP contribution in [0.25, 0.3) is 0 Å². The van der Waals surface area contributed by atoms with Crippen molar-refractivity contribution in [3.8, 4) is 0 Å². The number of hydrogen-bond donors (Lipinski definition) is 3. The van der Waals surface area contributed by atoms with Gasteiger partial charge in [-0.05, 0) is 25.5 Å². The smallest absolute Gasteiger partial charge is 0.153 e. The second-order valence-corrected chi connectivity index (χ2v) is 3.51. The van der Waals surface area contributed by atoms with E-state index in [1.54, 1.807) is 0 Å². The molecule has 1 aromatic rings. The molecular formula is C11H17N3O. The molecule has 0 saturated carbocycles. The molecule has 4 N–H and O–H groups in total. The third-order valence-electron chi connectivity index (χ3n) is 2.11. The summed E-state index contributed by atoms with van der Waals surface area (Å²) in [7, 11) is 0. The Morgan fingerprint density at radius 3 is 3.00 bits per heavy atom. The third kappa shape index (κ3) is 4.46. The van der Waals surface area contributed by atoms with E-state index in [9.17, 15) is 0 Å². The molecule has 4 heteroatoms. The van der Waals surface area contributed by atoms with E-state index in [4.69, 9.17) is 10.9 Å². The van der Waals surface area contributed by atoms with Crippen LogP contribution in [0.2, 0.25) is 0 Å². The highest BCUT2D eigenvalue weighted by Gasteiger charge is 1.94. The van der Waals surface area contributed by atoms with Gasteiger partial charge in [0.15, 0.2) is 5.84 Å². The number of hydrogen-bond acceptors (Lipinski definition) is 3. The lowest BCUT2D eigenvalue weighted by molar-refractivity contribution is 0.317. The lowest BCUT2D eigenvalue weighted by Gasteiger charge is -2.04. The van der Waals surface area contributed by atoms with Gasteiger partial charge in [-0.1, -0.05) is 35.0 Å². The average Bonchev–Trinajstić information content (AvgIpc) is 2.24. The second-order valence-electron chi connectivity index (χ2n) is 3.51. The summed E-state index contributed by atoms with van der Waals surface area (Å²) >= 11 is 0. The van der Waals surface area contributed by atoms with E-state index in [2.05, 4.69) is 35.6 Å². The van der Waals surface area contributed by atoms with Crippen LogP contribution in [0.15, 0.2) is 29.4 Å². The Labute approximate surface area is 89.8 Å². The monoisotopic (exact) mass is 207 g/mol. The van der Waals surface area contributed by atoms with Crippen LogP contribution in [0.1, 0.15) is 11.1 Å². The molecule has 0 aliphatic carbocycles. The van der Waals surface area contributed by atoms with Crippen molar-refractivity contribution in [1.82, 2.24) is 5.32 Å². The highest BCUT2D eigenvalue weighted by Crippen LogP contribution is 2.03. The molecule has 0 aliphatic rings. The summed E-state index contributed by atoms with van der Waals surface area (Å²) in [5.41, 5.74) is 7.88. The summed E-state index contributed by atoms with van der Waals surface area (Å²) in [6, 6.07) is 8.38. The van der Waals surface area contributed by atoms with Crippen LogP contribution in [-0.2, 0) is 6.42 Å². The van der Waals surface area contributed by atoms with Gasteiger partial charge in [-0.25, -0.2) is 0 Å². The van der Waals surface area contributed by atoms with Crippen LogP contribution >= 0.6 is 0 Å². The van der Waals surface area contributed by atoms with Gasteiger partial charge in [0.05, 0.1) is 6.54 Å². The van der Waals surface area contributed by atoms with Crippen molar-refractivity contribution < 1.29 is 5.21 Å². The van der Waals surface area contributed by atoms with E-state index >= 15 is 0 Å². The Balaban J connectivity index is 2.26. The summed E-state index contributed by atoms with van der Waals surface area (Å²) in [5, 5.41) is 14.3. The highest BCUT2D eigenvalue weighted by molar-refractivity contribution is 5.81. The molecule has 0 aliphatic heterocycles. The molecule has 0 radical (unpaired) electrons. The Morgan fingerprint density at radius 2 is 2.33 bits per heavy atom. The molecule has 0 amide bonds. The van der Waals surface area contributed by atoms with Crippen LogP contribution in [0.3, 0.4) is 0 Å². The third-order valence-corrected chi connectivity index (χ3v) is 2.11. The summed E-state index contributed by atoms with van der Waals surface area (Å²) in [5.74, 6) is 0.208. The van der Waals surface area contributed by atoms with E-state index in [-0.39, 0.29) is 5.84 Å². The largest absolute Gasteiger partial charge is 0.409 e. The quantitative estimate of drug-likeness (QED) is 0.221. The first-order chi connectivity index (χ1) is 7.22. The summed E-state index contributed by atoms with van der Waals surface area (Å²) < 4.78 is 0. The summed E-state index contributed by atoms with van der Waals surface area (Å²) in [6.07, 6.45) is 0.945. The summed E-state index contributed by atoms with van der Waals surface area (Å²) in [6.45, 7) is 3.31. The first-order valence-electron chi connectivity index (χ1n) is 4.95. The minimum Gasteiger partial charge on any atom is -0.409 e. The Bertz CT molecular complexity index is 336. The normalized spacial score (nSPS) is 11.7. The number of aryl methyl sites for hydroxylation is 1. The Kier molecular flexibility index (Phi) is 4.63. The van der Waals surface area contributed by atoms with Crippen molar-refractivity contribution in [2.75, 3.05) is 13.1 Å². The SMILES string of the molecule is Cc1cccc(CCNCC(N)=NO)c1. The fourth-order valence-corrected chi connectivity index (χ4v) is 1.35. The summed E-state index contributed by atoms with van der Waals surface area (Å²) in [4.78, 5) is 0. The van der Waals surface area contributed by atoms with Gasteiger partial charge in [0.25, 0.3) is 0 Å². The zero-order valence-corrected chi connectivity index (χ0v) is 8.90. The van der Waals surface area contributed by atoms with Gasteiger partial charge in [-0.15, -0.1) is 0 Å². The average molecular weight is 207 g/mol. The second kappa shape index (κ2) is 6.03. The molecule has 1 aromatic carbocycles. The zero-order valence-electron chi connectivity index (χ0n) is 8.90. The van der Waals surface area contributed by atoms with E-state index in [1.807, 2.05) is 6.07 Å². The van der Waals surface area contributed by atoms with E-state index in [0.717, 1.165) is 13.0 Å². The molecule has 0 aromatic heterocycles. The van der Waals surface area contributed by atoms with Crippen LogP contribution in [0.5, 0.6) is 0 Å². The molecule has 0 unspecified atom stereocenters. The minimum absolute atomic E-state index is 0.208. The lowest BCUT2D eigenvalue weighted by Crippen LogP contribution is -2.30. The number of rotatable bonds is 5. The van der Waals surface area contributed by atoms with Crippen molar-refractivity contribution in [2.45, 2.75) is 13.3 Å². The fraction of sp³-hybridized carbons (Fsp3) is 0.364. The number of nitrogens with zero attached hydrogens (tertiary/aromatic N) is 1. The molecule has 0 atom stereocenters. The van der Waals surface area contributed by atoms with Crippen LogP contribution < -0.4 is 11.1 Å². The number of nitrogens with one attached hydrogen (secondary N) is 1. The molecule has 0 spiro atoms. The topological polar surface area (TPSA) is 70.6 Å². The fourth-order valence-electron chi connectivity index (χ4n) is 1.35. The van der Waals surface area contributed by atoms with Crippen molar-refractivity contribution in [3.05, 3.63) is 35.4 Å². The Morgan fingerprint density at radius 1 is 1.53 bits per heavy atom. The molecule has 0 saturated heterocycles. The van der Waals surface area contributed by atoms with Crippen molar-refractivity contribution in [3.63, 3.8) is 0 Å². The van der Waals surface area contributed by atoms with E-state index in [1.165, 1.54) is 11.1 Å². The molecule has 0 fully saturated rings. The van der Waals surface area contributed by atoms with E-state index < -0.39 is 0 Å². The molecule has 4 nitrogen and oxygen atoms in total. The van der Waals surface area contributed by atoms with Gasteiger partial charge in [-0.3, -0.25) is 0 Å². The number of benzene rings is 1.